The molecule has 1 aliphatic rings. The van der Waals surface area contributed by atoms with Gasteiger partial charge in [-0.3, -0.25) is 9.69 Å². The molecule has 2 heterocycles. The summed E-state index contributed by atoms with van der Waals surface area (Å²) < 4.78 is 20.2. The van der Waals surface area contributed by atoms with E-state index >= 15 is 0 Å². The molecule has 0 unspecified atom stereocenters. The summed E-state index contributed by atoms with van der Waals surface area (Å²) in [5.74, 6) is -0.921. The van der Waals surface area contributed by atoms with E-state index in [9.17, 15) is 9.18 Å². The predicted octanol–water partition coefficient (Wildman–Crippen LogP) is 5.05. The van der Waals surface area contributed by atoms with Gasteiger partial charge >= 0.3 is 0 Å². The number of carbonyl (C=O) groups is 1. The maximum absolute atomic E-state index is 14.1. The molecule has 0 atom stereocenters. The van der Waals surface area contributed by atoms with Crippen LogP contribution in [-0.2, 0) is 4.79 Å². The van der Waals surface area contributed by atoms with Crippen LogP contribution in [0.1, 0.15) is 5.56 Å². The molecule has 0 N–H and O–H groups in total. The Morgan fingerprint density at radius 1 is 1.29 bits per heavy atom. The SMILES string of the molecule is CN1C(=O)/C(=C/c2c(Oc3nc(Cl)ncc3F)ccc3ccccc23)SC1=S. The van der Waals surface area contributed by atoms with Crippen molar-refractivity contribution in [2.45, 2.75) is 0 Å². The van der Waals surface area contributed by atoms with Crippen molar-refractivity contribution >= 4 is 62.7 Å². The van der Waals surface area contributed by atoms with Gasteiger partial charge in [0, 0.05) is 12.6 Å². The van der Waals surface area contributed by atoms with Crippen molar-refractivity contribution < 1.29 is 13.9 Å². The number of hydrogen-bond donors (Lipinski definition) is 0. The van der Waals surface area contributed by atoms with Crippen molar-refractivity contribution in [3.63, 3.8) is 0 Å². The van der Waals surface area contributed by atoms with Crippen molar-refractivity contribution in [1.29, 1.82) is 0 Å². The first-order valence-corrected chi connectivity index (χ1v) is 9.63. The smallest absolute Gasteiger partial charge is 0.265 e. The Bertz CT molecular complexity index is 1170. The number of thioether (sulfide) groups is 1. The standard InChI is InChI=1S/C19H11ClFN3O2S2/c1-24-17(25)15(28-19(24)27)8-12-11-5-3-2-4-10(11)6-7-14(12)26-16-13(21)9-22-18(20)23-16/h2-9H,1H3/b15-8-. The number of fused-ring (bicyclic) bond motifs is 1. The second-order valence-electron chi connectivity index (χ2n) is 5.83. The van der Waals surface area contributed by atoms with Gasteiger partial charge in [0.25, 0.3) is 11.8 Å². The fourth-order valence-electron chi connectivity index (χ4n) is 2.70. The molecule has 28 heavy (non-hydrogen) atoms. The number of likely N-dealkylation sites (N-methyl/N-ethyl adjacent to an activating group) is 1. The van der Waals surface area contributed by atoms with Crippen LogP contribution in [0.15, 0.2) is 47.5 Å². The van der Waals surface area contributed by atoms with E-state index in [0.717, 1.165) is 17.0 Å². The Labute approximate surface area is 174 Å². The van der Waals surface area contributed by atoms with Gasteiger partial charge in [-0.05, 0) is 34.5 Å². The zero-order valence-electron chi connectivity index (χ0n) is 14.3. The van der Waals surface area contributed by atoms with Gasteiger partial charge in [-0.15, -0.1) is 0 Å². The highest BCUT2D eigenvalue weighted by molar-refractivity contribution is 8.26. The largest absolute Gasteiger partial charge is 0.436 e. The number of halogens is 2. The molecule has 4 rings (SSSR count). The molecule has 1 saturated heterocycles. The van der Waals surface area contributed by atoms with Crippen LogP contribution in [0.5, 0.6) is 11.6 Å². The second kappa shape index (κ2) is 7.46. The fourth-order valence-corrected chi connectivity index (χ4v) is 3.98. The minimum absolute atomic E-state index is 0.134. The monoisotopic (exact) mass is 431 g/mol. The summed E-state index contributed by atoms with van der Waals surface area (Å²) >= 11 is 12.1. The minimum atomic E-state index is -0.747. The van der Waals surface area contributed by atoms with Gasteiger partial charge in [0.05, 0.1) is 11.1 Å². The van der Waals surface area contributed by atoms with Crippen molar-refractivity contribution in [2.75, 3.05) is 7.05 Å². The van der Waals surface area contributed by atoms with Crippen LogP contribution in [0.3, 0.4) is 0 Å². The Kier molecular flexibility index (Phi) is 5.01. The summed E-state index contributed by atoms with van der Waals surface area (Å²) in [4.78, 5) is 21.7. The maximum Gasteiger partial charge on any atom is 0.265 e. The zero-order valence-corrected chi connectivity index (χ0v) is 16.7. The highest BCUT2D eigenvalue weighted by Gasteiger charge is 2.29. The van der Waals surface area contributed by atoms with Crippen LogP contribution in [0.4, 0.5) is 4.39 Å². The van der Waals surface area contributed by atoms with Crippen LogP contribution in [0, 0.1) is 5.82 Å². The number of thiocarbonyl (C=S) groups is 1. The third kappa shape index (κ3) is 3.46. The third-order valence-electron chi connectivity index (χ3n) is 4.08. The molecule has 2 aromatic carbocycles. The molecule has 1 aromatic heterocycles. The van der Waals surface area contributed by atoms with E-state index in [1.165, 1.54) is 16.7 Å². The van der Waals surface area contributed by atoms with Gasteiger partial charge in [0.1, 0.15) is 10.1 Å². The summed E-state index contributed by atoms with van der Waals surface area (Å²) in [6, 6.07) is 11.1. The average Bonchev–Trinajstić information content (AvgIpc) is 2.93. The van der Waals surface area contributed by atoms with E-state index in [0.29, 0.717) is 20.5 Å². The van der Waals surface area contributed by atoms with Gasteiger partial charge in [-0.1, -0.05) is 54.3 Å². The lowest BCUT2D eigenvalue weighted by molar-refractivity contribution is -0.121. The molecule has 1 amide bonds. The Balaban J connectivity index is 1.88. The summed E-state index contributed by atoms with van der Waals surface area (Å²) in [7, 11) is 1.62. The molecule has 9 heteroatoms. The molecule has 0 aliphatic carbocycles. The summed E-state index contributed by atoms with van der Waals surface area (Å²) in [6.45, 7) is 0. The van der Waals surface area contributed by atoms with Gasteiger partial charge in [0.2, 0.25) is 11.1 Å². The van der Waals surface area contributed by atoms with Crippen molar-refractivity contribution in [3.05, 3.63) is 64.2 Å². The maximum atomic E-state index is 14.1. The topological polar surface area (TPSA) is 55.3 Å². The Morgan fingerprint density at radius 3 is 2.82 bits per heavy atom. The first kappa shape index (κ1) is 18.8. The Hall–Kier alpha value is -2.55. The molecule has 0 bridgehead atoms. The lowest BCUT2D eigenvalue weighted by atomic mass is 10.0. The molecule has 0 spiro atoms. The number of hydrogen-bond acceptors (Lipinski definition) is 6. The quantitative estimate of drug-likeness (QED) is 0.329. The van der Waals surface area contributed by atoms with Gasteiger partial charge in [-0.2, -0.15) is 9.37 Å². The second-order valence-corrected chi connectivity index (χ2v) is 7.85. The molecule has 140 valence electrons. The van der Waals surface area contributed by atoms with Crippen LogP contribution >= 0.6 is 35.6 Å². The summed E-state index contributed by atoms with van der Waals surface area (Å²) in [6.07, 6.45) is 2.63. The number of aromatic nitrogens is 2. The fraction of sp³-hybridized carbons (Fsp3) is 0.0526. The molecule has 5 nitrogen and oxygen atoms in total. The van der Waals surface area contributed by atoms with Crippen molar-refractivity contribution in [2.24, 2.45) is 0 Å². The number of rotatable bonds is 3. The van der Waals surface area contributed by atoms with Crippen LogP contribution in [0.25, 0.3) is 16.8 Å². The molecule has 3 aromatic rings. The average molecular weight is 432 g/mol. The first-order valence-electron chi connectivity index (χ1n) is 8.03. The first-order chi connectivity index (χ1) is 13.4. The van der Waals surface area contributed by atoms with E-state index in [4.69, 9.17) is 28.6 Å². The van der Waals surface area contributed by atoms with Crippen LogP contribution < -0.4 is 4.74 Å². The van der Waals surface area contributed by atoms with Gasteiger partial charge < -0.3 is 4.74 Å². The number of amides is 1. The van der Waals surface area contributed by atoms with Crippen LogP contribution in [-0.4, -0.2) is 32.1 Å². The van der Waals surface area contributed by atoms with Crippen molar-refractivity contribution in [1.82, 2.24) is 14.9 Å². The lowest BCUT2D eigenvalue weighted by Crippen LogP contribution is -2.22. The minimum Gasteiger partial charge on any atom is -0.436 e. The van der Waals surface area contributed by atoms with Gasteiger partial charge in [-0.25, -0.2) is 4.98 Å². The lowest BCUT2D eigenvalue weighted by Gasteiger charge is -2.12. The normalized spacial score (nSPS) is 15.7. The molecular formula is C19H11ClFN3O2S2. The molecule has 1 aliphatic heterocycles. The van der Waals surface area contributed by atoms with Crippen LogP contribution in [0.2, 0.25) is 5.28 Å². The zero-order chi connectivity index (χ0) is 19.8. The van der Waals surface area contributed by atoms with E-state index in [1.54, 1.807) is 19.2 Å². The molecule has 1 fully saturated rings. The van der Waals surface area contributed by atoms with Gasteiger partial charge in [0.15, 0.2) is 0 Å². The number of ether oxygens (including phenoxy) is 1. The molecular weight excluding hydrogens is 421 g/mol. The summed E-state index contributed by atoms with van der Waals surface area (Å²) in [5.41, 5.74) is 0.612. The Morgan fingerprint density at radius 2 is 2.07 bits per heavy atom. The molecule has 0 saturated carbocycles. The third-order valence-corrected chi connectivity index (χ3v) is 5.75. The van der Waals surface area contributed by atoms with E-state index in [2.05, 4.69) is 9.97 Å². The van der Waals surface area contributed by atoms with E-state index < -0.39 is 5.82 Å². The highest BCUT2D eigenvalue weighted by Crippen LogP contribution is 2.38. The number of carbonyl (C=O) groups excluding carboxylic acids is 1. The number of benzene rings is 2. The van der Waals surface area contributed by atoms with Crippen molar-refractivity contribution in [3.8, 4) is 11.6 Å². The summed E-state index contributed by atoms with van der Waals surface area (Å²) in [5, 5.41) is 1.64. The highest BCUT2D eigenvalue weighted by atomic mass is 35.5. The van der Waals surface area contributed by atoms with E-state index in [1.807, 2.05) is 30.3 Å². The molecule has 0 radical (unpaired) electrons. The predicted molar refractivity (Wildman–Crippen MR) is 112 cm³/mol. The number of nitrogens with zero attached hydrogens (tertiary/aromatic N) is 3. The van der Waals surface area contributed by atoms with E-state index in [-0.39, 0.29) is 17.1 Å².